The van der Waals surface area contributed by atoms with Crippen LogP contribution in [0.1, 0.15) is 12.5 Å². The van der Waals surface area contributed by atoms with Crippen molar-refractivity contribution < 1.29 is 39.5 Å². The number of nitrogens with two attached hydrogens (primary N) is 1. The minimum Gasteiger partial charge on any atom is -0.412 e. The van der Waals surface area contributed by atoms with E-state index < -0.39 is 10.4 Å². The number of hydrogen-bond acceptors (Lipinski definition) is 3. The van der Waals surface area contributed by atoms with Crippen molar-refractivity contribution in [3.8, 4) is 0 Å². The molecule has 0 saturated carbocycles. The predicted molar refractivity (Wildman–Crippen MR) is 61.6 cm³/mol. The second kappa shape index (κ2) is 10.6. The van der Waals surface area contributed by atoms with Gasteiger partial charge < -0.3 is 11.2 Å². The summed E-state index contributed by atoms with van der Waals surface area (Å²) in [7, 11) is -4.67. The van der Waals surface area contributed by atoms with E-state index in [0.717, 1.165) is 6.42 Å². The van der Waals surface area contributed by atoms with Gasteiger partial charge in [-0.15, -0.1) is 0 Å². The molecule has 0 bridgehead atoms. The first kappa shape index (κ1) is 21.8. The Balaban J connectivity index is -0.000000247. The van der Waals surface area contributed by atoms with Crippen LogP contribution in [0.15, 0.2) is 30.3 Å². The Hall–Kier alpha value is -0.496. The molecule has 6 nitrogen and oxygen atoms in total. The first-order chi connectivity index (χ1) is 6.79. The van der Waals surface area contributed by atoms with Gasteiger partial charge in [-0.2, -0.15) is 8.42 Å². The van der Waals surface area contributed by atoms with E-state index in [-0.39, 0.29) is 28.0 Å². The zero-order chi connectivity index (χ0) is 11.9. The molecule has 0 aliphatic heterocycles. The van der Waals surface area contributed by atoms with E-state index in [0.29, 0.717) is 0 Å². The van der Waals surface area contributed by atoms with Crippen LogP contribution in [-0.2, 0) is 33.3 Å². The molecule has 0 heterocycles. The molecule has 0 aliphatic rings. The van der Waals surface area contributed by atoms with E-state index in [4.69, 9.17) is 23.3 Å². The first-order valence-electron chi connectivity index (χ1n) is 4.28. The molecule has 0 radical (unpaired) electrons. The van der Waals surface area contributed by atoms with Gasteiger partial charge in [-0.3, -0.25) is 9.11 Å². The van der Waals surface area contributed by atoms with Crippen LogP contribution in [-0.4, -0.2) is 29.0 Å². The average Bonchev–Trinajstić information content (AvgIpc) is 2.01. The molecule has 1 aromatic rings. The summed E-state index contributed by atoms with van der Waals surface area (Å²) < 4.78 is 31.6. The van der Waals surface area contributed by atoms with Crippen molar-refractivity contribution in [3.05, 3.63) is 35.9 Å². The monoisotopic (exact) mass is 309 g/mol. The van der Waals surface area contributed by atoms with E-state index in [2.05, 4.69) is 12.1 Å². The van der Waals surface area contributed by atoms with Gasteiger partial charge in [0.25, 0.3) is 0 Å². The average molecular weight is 310 g/mol. The molecule has 1 atom stereocenters. The van der Waals surface area contributed by atoms with Gasteiger partial charge in [0.05, 0.1) is 0 Å². The predicted octanol–water partition coefficient (Wildman–Crippen LogP) is 0.0963. The largest absolute Gasteiger partial charge is 0.412 e. The van der Waals surface area contributed by atoms with Crippen molar-refractivity contribution in [1.82, 2.24) is 0 Å². The Labute approximate surface area is 111 Å². The summed E-state index contributed by atoms with van der Waals surface area (Å²) >= 11 is 0. The van der Waals surface area contributed by atoms with Crippen LogP contribution in [0, 0.1) is 0 Å². The van der Waals surface area contributed by atoms with Gasteiger partial charge in [0.2, 0.25) is 0 Å². The standard InChI is InChI=1S/C9H13N.Ni.H2O4S.H2O/c1-8(10)7-9-5-3-2-4-6-9;;1-5(2,3)4;/h2-6,8H,7,10H2,1H3;;(H2,1,2,3,4);1H2/t8-;;;/m0.../s1. The molecule has 0 spiro atoms. The van der Waals surface area contributed by atoms with Gasteiger partial charge in [0, 0.05) is 22.5 Å². The molecule has 0 saturated heterocycles. The Morgan fingerprint density at radius 2 is 1.59 bits per heavy atom. The molecule has 0 aliphatic carbocycles. The zero-order valence-corrected chi connectivity index (χ0v) is 11.0. The number of benzene rings is 1. The third kappa shape index (κ3) is 21.4. The third-order valence-electron chi connectivity index (χ3n) is 1.40. The maximum absolute atomic E-state index is 8.74. The number of rotatable bonds is 2. The second-order valence-corrected chi connectivity index (χ2v) is 4.01. The van der Waals surface area contributed by atoms with Crippen LogP contribution in [0.25, 0.3) is 0 Å². The number of hydrogen-bond donors (Lipinski definition) is 3. The molecule has 17 heavy (non-hydrogen) atoms. The van der Waals surface area contributed by atoms with Crippen LogP contribution < -0.4 is 5.73 Å². The Bertz CT molecular complexity index is 360. The summed E-state index contributed by atoms with van der Waals surface area (Å²) in [5, 5.41) is 0. The Morgan fingerprint density at radius 1 is 1.24 bits per heavy atom. The summed E-state index contributed by atoms with van der Waals surface area (Å²) in [5.41, 5.74) is 6.94. The molecular formula is C9H17NNiO5S. The molecule has 8 heteroatoms. The summed E-state index contributed by atoms with van der Waals surface area (Å²) in [4.78, 5) is 0. The maximum atomic E-state index is 8.74. The summed E-state index contributed by atoms with van der Waals surface area (Å²) in [6.07, 6.45) is 0.973. The van der Waals surface area contributed by atoms with Crippen LogP contribution in [0.3, 0.4) is 0 Å². The fourth-order valence-corrected chi connectivity index (χ4v) is 0.986. The smallest absolute Gasteiger partial charge is 0.394 e. The van der Waals surface area contributed by atoms with E-state index in [1.54, 1.807) is 0 Å². The van der Waals surface area contributed by atoms with E-state index in [9.17, 15) is 0 Å². The van der Waals surface area contributed by atoms with Crippen LogP contribution in [0.5, 0.6) is 0 Å². The van der Waals surface area contributed by atoms with Crippen molar-refractivity contribution in [1.29, 1.82) is 0 Å². The van der Waals surface area contributed by atoms with Crippen molar-refractivity contribution in [2.45, 2.75) is 19.4 Å². The van der Waals surface area contributed by atoms with Crippen molar-refractivity contribution in [2.24, 2.45) is 5.73 Å². The molecule has 0 aromatic heterocycles. The summed E-state index contributed by atoms with van der Waals surface area (Å²) in [5.74, 6) is 0. The summed E-state index contributed by atoms with van der Waals surface area (Å²) in [6.45, 7) is 2.02. The Kier molecular flexibility index (Phi) is 13.6. The first-order valence-corrected chi connectivity index (χ1v) is 5.68. The van der Waals surface area contributed by atoms with Crippen LogP contribution >= 0.6 is 0 Å². The zero-order valence-electron chi connectivity index (χ0n) is 9.18. The van der Waals surface area contributed by atoms with Gasteiger partial charge in [0.15, 0.2) is 0 Å². The van der Waals surface area contributed by atoms with E-state index >= 15 is 0 Å². The molecule has 6 N–H and O–H groups in total. The second-order valence-electron chi connectivity index (χ2n) is 3.11. The van der Waals surface area contributed by atoms with E-state index in [1.807, 2.05) is 25.1 Å². The van der Waals surface area contributed by atoms with Gasteiger partial charge in [0.1, 0.15) is 0 Å². The quantitative estimate of drug-likeness (QED) is 0.526. The molecule has 0 fully saturated rings. The Morgan fingerprint density at radius 3 is 1.88 bits per heavy atom. The fraction of sp³-hybridized carbons (Fsp3) is 0.333. The molecule has 104 valence electrons. The van der Waals surface area contributed by atoms with Crippen molar-refractivity contribution in [3.63, 3.8) is 0 Å². The third-order valence-corrected chi connectivity index (χ3v) is 1.40. The molecule has 0 unspecified atom stereocenters. The van der Waals surface area contributed by atoms with Crippen LogP contribution in [0.2, 0.25) is 0 Å². The van der Waals surface area contributed by atoms with E-state index in [1.165, 1.54) is 5.56 Å². The topological polar surface area (TPSA) is 132 Å². The van der Waals surface area contributed by atoms with Gasteiger partial charge >= 0.3 is 10.4 Å². The SMILES string of the molecule is C[C@H](N)Cc1ccccc1.O.O=S(=O)(O)O.[Ni]. The van der Waals surface area contributed by atoms with Crippen molar-refractivity contribution >= 4 is 10.4 Å². The van der Waals surface area contributed by atoms with Gasteiger partial charge in [-0.05, 0) is 18.9 Å². The van der Waals surface area contributed by atoms with Crippen molar-refractivity contribution in [2.75, 3.05) is 0 Å². The van der Waals surface area contributed by atoms with Crippen LogP contribution in [0.4, 0.5) is 0 Å². The normalized spacial score (nSPS) is 11.1. The fourth-order valence-electron chi connectivity index (χ4n) is 0.986. The molecule has 0 amide bonds. The molecule has 1 aromatic carbocycles. The van der Waals surface area contributed by atoms with Gasteiger partial charge in [-0.1, -0.05) is 30.3 Å². The minimum atomic E-state index is -4.67. The molecular weight excluding hydrogens is 293 g/mol. The minimum absolute atomic E-state index is 0. The summed E-state index contributed by atoms with van der Waals surface area (Å²) in [6, 6.07) is 10.6. The molecule has 1 rings (SSSR count). The van der Waals surface area contributed by atoms with Gasteiger partial charge in [-0.25, -0.2) is 0 Å². The maximum Gasteiger partial charge on any atom is 0.394 e.